The molecule has 2 atom stereocenters. The number of aromatic nitrogens is 1. The standard InChI is InChI=1S/C31H32N2O2/c1-18-14-26(25-11-7-10-23-19(2)16-32-29(23)25)24(13-12-21-8-6-9-22(15-21)17-34)27-20(3)30(35)31(4,5)33-28(18)27/h6-11,14-16,20,30,32-35H,17H2,1-5H3/t20-,30+/m0/s1. The third-order valence-electron chi connectivity index (χ3n) is 7.33. The average molecular weight is 465 g/mol. The van der Waals surface area contributed by atoms with E-state index >= 15 is 0 Å². The zero-order valence-corrected chi connectivity index (χ0v) is 21.0. The van der Waals surface area contributed by atoms with Crippen molar-refractivity contribution in [1.82, 2.24) is 4.98 Å². The number of rotatable bonds is 2. The molecular formula is C31H32N2O2. The molecule has 1 aliphatic rings. The number of hydrogen-bond donors (Lipinski definition) is 4. The van der Waals surface area contributed by atoms with Crippen LogP contribution in [0.4, 0.5) is 5.69 Å². The highest BCUT2D eigenvalue weighted by Crippen LogP contribution is 2.46. The van der Waals surface area contributed by atoms with E-state index in [4.69, 9.17) is 0 Å². The number of hydrogen-bond acceptors (Lipinski definition) is 3. The Bertz CT molecular complexity index is 1500. The summed E-state index contributed by atoms with van der Waals surface area (Å²) in [6, 6.07) is 16.3. The van der Waals surface area contributed by atoms with E-state index in [2.05, 4.69) is 67.2 Å². The van der Waals surface area contributed by atoms with Crippen LogP contribution in [0, 0.1) is 25.7 Å². The lowest BCUT2D eigenvalue weighted by Gasteiger charge is -2.43. The average Bonchev–Trinajstić information content (AvgIpc) is 3.23. The van der Waals surface area contributed by atoms with Gasteiger partial charge in [-0.1, -0.05) is 49.1 Å². The maximum atomic E-state index is 11.2. The molecule has 0 amide bonds. The third-order valence-corrected chi connectivity index (χ3v) is 7.33. The van der Waals surface area contributed by atoms with E-state index in [0.29, 0.717) is 0 Å². The molecule has 4 nitrogen and oxygen atoms in total. The lowest BCUT2D eigenvalue weighted by atomic mass is 9.75. The first-order valence-electron chi connectivity index (χ1n) is 12.1. The summed E-state index contributed by atoms with van der Waals surface area (Å²) < 4.78 is 0. The van der Waals surface area contributed by atoms with Gasteiger partial charge in [0.25, 0.3) is 0 Å². The molecule has 2 heterocycles. The molecule has 3 aromatic carbocycles. The second-order valence-corrected chi connectivity index (χ2v) is 10.3. The van der Waals surface area contributed by atoms with Crippen LogP contribution in [-0.4, -0.2) is 26.8 Å². The van der Waals surface area contributed by atoms with Crippen molar-refractivity contribution < 1.29 is 10.2 Å². The quantitative estimate of drug-likeness (QED) is 0.275. The van der Waals surface area contributed by atoms with Gasteiger partial charge in [0, 0.05) is 45.4 Å². The van der Waals surface area contributed by atoms with Gasteiger partial charge < -0.3 is 20.5 Å². The Balaban J connectivity index is 1.81. The second kappa shape index (κ2) is 8.61. The van der Waals surface area contributed by atoms with E-state index in [-0.39, 0.29) is 12.5 Å². The van der Waals surface area contributed by atoms with Gasteiger partial charge in [0.05, 0.1) is 23.8 Å². The minimum atomic E-state index is -0.563. The smallest absolute Gasteiger partial charge is 0.0831 e. The zero-order chi connectivity index (χ0) is 24.9. The third kappa shape index (κ3) is 3.91. The van der Waals surface area contributed by atoms with E-state index in [1.807, 2.05) is 44.3 Å². The second-order valence-electron chi connectivity index (χ2n) is 10.3. The van der Waals surface area contributed by atoms with Crippen LogP contribution in [-0.2, 0) is 6.61 Å². The van der Waals surface area contributed by atoms with Crippen molar-refractivity contribution in [2.45, 2.75) is 58.8 Å². The monoisotopic (exact) mass is 464 g/mol. The van der Waals surface area contributed by atoms with E-state index < -0.39 is 11.6 Å². The number of H-pyrrole nitrogens is 1. The highest BCUT2D eigenvalue weighted by atomic mass is 16.3. The van der Waals surface area contributed by atoms with Gasteiger partial charge in [-0.3, -0.25) is 0 Å². The van der Waals surface area contributed by atoms with Gasteiger partial charge in [-0.05, 0) is 68.1 Å². The van der Waals surface area contributed by atoms with Gasteiger partial charge in [-0.2, -0.15) is 0 Å². The number of anilines is 1. The highest BCUT2D eigenvalue weighted by molar-refractivity contribution is 5.98. The normalized spacial score (nSPS) is 18.5. The number of nitrogens with one attached hydrogen (secondary N) is 2. The van der Waals surface area contributed by atoms with Crippen molar-refractivity contribution in [3.05, 3.63) is 88.1 Å². The fourth-order valence-electron chi connectivity index (χ4n) is 5.39. The van der Waals surface area contributed by atoms with Crippen LogP contribution in [0.2, 0.25) is 0 Å². The summed E-state index contributed by atoms with van der Waals surface area (Å²) in [7, 11) is 0. The molecule has 0 radical (unpaired) electrons. The SMILES string of the molecule is Cc1cc(-c2cccc3c(C)c[nH]c23)c(C#Cc2cccc(CO)c2)c2c1NC(C)(C)[C@H](O)[C@H]2C. The van der Waals surface area contributed by atoms with E-state index in [9.17, 15) is 10.2 Å². The van der Waals surface area contributed by atoms with E-state index in [1.54, 1.807) is 0 Å². The number of benzene rings is 3. The van der Waals surface area contributed by atoms with Gasteiger partial charge >= 0.3 is 0 Å². The van der Waals surface area contributed by atoms with Gasteiger partial charge in [0.2, 0.25) is 0 Å². The summed E-state index contributed by atoms with van der Waals surface area (Å²) in [5, 5.41) is 25.6. The number of para-hydroxylation sites is 1. The van der Waals surface area contributed by atoms with Crippen molar-refractivity contribution in [2.75, 3.05) is 5.32 Å². The Labute approximate surface area is 207 Å². The van der Waals surface area contributed by atoms with Crippen LogP contribution in [0.25, 0.3) is 22.0 Å². The van der Waals surface area contributed by atoms with Gasteiger partial charge in [0.1, 0.15) is 0 Å². The predicted octanol–water partition coefficient (Wildman–Crippen LogP) is 6.01. The molecule has 4 heteroatoms. The predicted molar refractivity (Wildman–Crippen MR) is 144 cm³/mol. The number of aliphatic hydroxyl groups excluding tert-OH is 2. The Kier molecular flexibility index (Phi) is 5.71. The topological polar surface area (TPSA) is 68.3 Å². The van der Waals surface area contributed by atoms with Crippen molar-refractivity contribution >= 4 is 16.6 Å². The molecule has 0 spiro atoms. The van der Waals surface area contributed by atoms with Crippen LogP contribution >= 0.6 is 0 Å². The molecule has 0 unspecified atom stereocenters. The Morgan fingerprint density at radius 3 is 2.51 bits per heavy atom. The summed E-state index contributed by atoms with van der Waals surface area (Å²) >= 11 is 0. The summed E-state index contributed by atoms with van der Waals surface area (Å²) in [5.41, 5.74) is 9.85. The molecular weight excluding hydrogens is 432 g/mol. The number of fused-ring (bicyclic) bond motifs is 2. The molecule has 0 fully saturated rings. The fraction of sp³-hybridized carbons (Fsp3) is 0.290. The molecule has 1 aliphatic heterocycles. The molecule has 178 valence electrons. The van der Waals surface area contributed by atoms with Gasteiger partial charge in [-0.25, -0.2) is 0 Å². The first-order chi connectivity index (χ1) is 16.7. The number of aromatic amines is 1. The minimum absolute atomic E-state index is 0.0168. The van der Waals surface area contributed by atoms with Crippen molar-refractivity contribution in [3.63, 3.8) is 0 Å². The molecule has 0 saturated carbocycles. The van der Waals surface area contributed by atoms with Gasteiger partial charge in [0.15, 0.2) is 0 Å². The first-order valence-corrected chi connectivity index (χ1v) is 12.1. The van der Waals surface area contributed by atoms with Crippen LogP contribution in [0.5, 0.6) is 0 Å². The number of aliphatic hydroxyl groups is 2. The summed E-state index contributed by atoms with van der Waals surface area (Å²) in [6.07, 6.45) is 1.48. The van der Waals surface area contributed by atoms with Crippen molar-refractivity contribution in [2.24, 2.45) is 0 Å². The summed E-state index contributed by atoms with van der Waals surface area (Å²) in [6.45, 7) is 10.4. The van der Waals surface area contributed by atoms with Gasteiger partial charge in [-0.15, -0.1) is 0 Å². The summed E-state index contributed by atoms with van der Waals surface area (Å²) in [4.78, 5) is 3.46. The maximum absolute atomic E-state index is 11.2. The van der Waals surface area contributed by atoms with E-state index in [0.717, 1.165) is 50.1 Å². The van der Waals surface area contributed by atoms with E-state index in [1.165, 1.54) is 10.9 Å². The van der Waals surface area contributed by atoms with Crippen LogP contribution < -0.4 is 5.32 Å². The molecule has 1 aromatic heterocycles. The summed E-state index contributed by atoms with van der Waals surface area (Å²) in [5.74, 6) is 6.73. The van der Waals surface area contributed by atoms with Crippen LogP contribution in [0.3, 0.4) is 0 Å². The largest absolute Gasteiger partial charge is 0.392 e. The van der Waals surface area contributed by atoms with Crippen LogP contribution in [0.1, 0.15) is 60.1 Å². The molecule has 35 heavy (non-hydrogen) atoms. The lowest BCUT2D eigenvalue weighted by molar-refractivity contribution is 0.0868. The lowest BCUT2D eigenvalue weighted by Crippen LogP contribution is -2.50. The zero-order valence-electron chi connectivity index (χ0n) is 21.0. The Morgan fingerprint density at radius 1 is 0.971 bits per heavy atom. The van der Waals surface area contributed by atoms with Crippen molar-refractivity contribution in [1.29, 1.82) is 0 Å². The molecule has 0 saturated heterocycles. The number of aryl methyl sites for hydroxylation is 2. The Hall–Kier alpha value is -3.52. The highest BCUT2D eigenvalue weighted by Gasteiger charge is 2.40. The molecule has 5 rings (SSSR count). The Morgan fingerprint density at radius 2 is 1.74 bits per heavy atom. The van der Waals surface area contributed by atoms with Crippen LogP contribution in [0.15, 0.2) is 54.7 Å². The minimum Gasteiger partial charge on any atom is -0.392 e. The molecule has 4 aromatic rings. The maximum Gasteiger partial charge on any atom is 0.0831 e. The molecule has 4 N–H and O–H groups in total. The van der Waals surface area contributed by atoms with Crippen molar-refractivity contribution in [3.8, 4) is 23.0 Å². The first kappa shape index (κ1) is 23.2. The molecule has 0 bridgehead atoms. The fourth-order valence-corrected chi connectivity index (χ4v) is 5.39. The molecule has 0 aliphatic carbocycles.